The molecule has 1 fully saturated rings. The summed E-state index contributed by atoms with van der Waals surface area (Å²) in [5.41, 5.74) is -1.33. The van der Waals surface area contributed by atoms with Crippen LogP contribution in [0.1, 0.15) is 32.1 Å². The van der Waals surface area contributed by atoms with Crippen LogP contribution in [0.5, 0.6) is 0 Å². The van der Waals surface area contributed by atoms with Crippen LogP contribution in [0.4, 0.5) is 13.2 Å². The van der Waals surface area contributed by atoms with Gasteiger partial charge in [0.15, 0.2) is 5.83 Å². The molecule has 4 heteroatoms. The van der Waals surface area contributed by atoms with Gasteiger partial charge in [0.2, 0.25) is 0 Å². The molecule has 0 unspecified atom stereocenters. The van der Waals surface area contributed by atoms with Gasteiger partial charge in [0.1, 0.15) is 0 Å². The molecule has 0 atom stereocenters. The van der Waals surface area contributed by atoms with Gasteiger partial charge >= 0.3 is 0 Å². The van der Waals surface area contributed by atoms with Gasteiger partial charge < -0.3 is 5.11 Å². The molecule has 0 heterocycles. The zero-order valence-electron chi connectivity index (χ0n) is 7.27. The lowest BCUT2D eigenvalue weighted by Crippen LogP contribution is -2.29. The van der Waals surface area contributed by atoms with Gasteiger partial charge in [0, 0.05) is 0 Å². The minimum absolute atomic E-state index is 0.382. The Morgan fingerprint density at radius 1 is 1.23 bits per heavy atom. The first-order chi connectivity index (χ1) is 6.03. The fraction of sp³-hybridized carbons (Fsp3) is 0.778. The third-order valence-corrected chi connectivity index (χ3v) is 2.33. The van der Waals surface area contributed by atoms with E-state index in [1.807, 2.05) is 0 Å². The number of hydrogen-bond acceptors (Lipinski definition) is 1. The SMILES string of the molecule is OC1(C=C(F)C(F)F)CCCCC1. The highest BCUT2D eigenvalue weighted by Gasteiger charge is 2.29. The number of aliphatic hydroxyl groups is 1. The van der Waals surface area contributed by atoms with Crippen molar-refractivity contribution >= 4 is 0 Å². The average Bonchev–Trinajstić information content (AvgIpc) is 2.04. The lowest BCUT2D eigenvalue weighted by atomic mass is 9.84. The zero-order valence-corrected chi connectivity index (χ0v) is 7.27. The monoisotopic (exact) mass is 194 g/mol. The van der Waals surface area contributed by atoms with Gasteiger partial charge in [-0.2, -0.15) is 0 Å². The molecule has 1 N–H and O–H groups in total. The van der Waals surface area contributed by atoms with Crippen molar-refractivity contribution in [1.29, 1.82) is 0 Å². The number of rotatable bonds is 2. The standard InChI is InChI=1S/C9H13F3O/c10-7(8(11)12)6-9(13)4-2-1-3-5-9/h6,8,13H,1-5H2. The van der Waals surface area contributed by atoms with Crippen molar-refractivity contribution < 1.29 is 18.3 Å². The van der Waals surface area contributed by atoms with E-state index >= 15 is 0 Å². The Morgan fingerprint density at radius 3 is 2.23 bits per heavy atom. The lowest BCUT2D eigenvalue weighted by molar-refractivity contribution is 0.0451. The minimum Gasteiger partial charge on any atom is -0.386 e. The molecular weight excluding hydrogens is 181 g/mol. The van der Waals surface area contributed by atoms with Gasteiger partial charge in [-0.1, -0.05) is 19.3 Å². The summed E-state index contributed by atoms with van der Waals surface area (Å²) in [5, 5.41) is 9.64. The highest BCUT2D eigenvalue weighted by atomic mass is 19.3. The van der Waals surface area contributed by atoms with Gasteiger partial charge in [0.05, 0.1) is 5.60 Å². The Morgan fingerprint density at radius 2 is 1.77 bits per heavy atom. The highest BCUT2D eigenvalue weighted by molar-refractivity contribution is 5.08. The highest BCUT2D eigenvalue weighted by Crippen LogP contribution is 2.31. The average molecular weight is 194 g/mol. The van der Waals surface area contributed by atoms with Gasteiger partial charge in [-0.25, -0.2) is 13.2 Å². The molecule has 0 aromatic heterocycles. The summed E-state index contributed by atoms with van der Waals surface area (Å²) in [5.74, 6) is -1.51. The second-order valence-corrected chi connectivity index (χ2v) is 3.49. The van der Waals surface area contributed by atoms with Crippen molar-refractivity contribution in [2.75, 3.05) is 0 Å². The van der Waals surface area contributed by atoms with Crippen molar-refractivity contribution in [2.45, 2.75) is 44.1 Å². The summed E-state index contributed by atoms with van der Waals surface area (Å²) < 4.78 is 36.1. The van der Waals surface area contributed by atoms with E-state index in [1.54, 1.807) is 0 Å². The first-order valence-corrected chi connectivity index (χ1v) is 4.42. The van der Waals surface area contributed by atoms with Gasteiger partial charge in [-0.05, 0) is 18.9 Å². The van der Waals surface area contributed by atoms with E-state index in [0.717, 1.165) is 19.3 Å². The fourth-order valence-electron chi connectivity index (χ4n) is 1.63. The smallest absolute Gasteiger partial charge is 0.289 e. The molecule has 1 rings (SSSR count). The summed E-state index contributed by atoms with van der Waals surface area (Å²) in [6.45, 7) is 0. The van der Waals surface area contributed by atoms with Crippen LogP contribution < -0.4 is 0 Å². The van der Waals surface area contributed by atoms with Crippen LogP contribution in [0.15, 0.2) is 11.9 Å². The van der Waals surface area contributed by atoms with Crippen LogP contribution in [0, 0.1) is 0 Å². The zero-order chi connectivity index (χ0) is 9.90. The van der Waals surface area contributed by atoms with E-state index in [9.17, 15) is 18.3 Å². The summed E-state index contributed by atoms with van der Waals surface area (Å²) in [7, 11) is 0. The lowest BCUT2D eigenvalue weighted by Gasteiger charge is -2.28. The van der Waals surface area contributed by atoms with Crippen molar-refractivity contribution in [3.63, 3.8) is 0 Å². The normalized spacial score (nSPS) is 23.6. The van der Waals surface area contributed by atoms with E-state index in [0.29, 0.717) is 18.9 Å². The molecule has 0 bridgehead atoms. The number of halogens is 3. The number of alkyl halides is 2. The third kappa shape index (κ3) is 3.03. The second-order valence-electron chi connectivity index (χ2n) is 3.49. The van der Waals surface area contributed by atoms with E-state index in [2.05, 4.69) is 0 Å². The number of allylic oxidation sites excluding steroid dienone is 1. The molecule has 0 aliphatic heterocycles. The molecule has 76 valence electrons. The van der Waals surface area contributed by atoms with Crippen molar-refractivity contribution in [3.8, 4) is 0 Å². The number of hydrogen-bond donors (Lipinski definition) is 1. The topological polar surface area (TPSA) is 20.2 Å². The predicted octanol–water partition coefficient (Wildman–Crippen LogP) is 2.80. The van der Waals surface area contributed by atoms with Crippen LogP contribution in [-0.2, 0) is 0 Å². The molecule has 1 nitrogen and oxygen atoms in total. The van der Waals surface area contributed by atoms with Crippen LogP contribution in [0.2, 0.25) is 0 Å². The van der Waals surface area contributed by atoms with Crippen molar-refractivity contribution in [3.05, 3.63) is 11.9 Å². The van der Waals surface area contributed by atoms with Gasteiger partial charge in [-0.15, -0.1) is 0 Å². The van der Waals surface area contributed by atoms with Crippen LogP contribution in [0.25, 0.3) is 0 Å². The van der Waals surface area contributed by atoms with Crippen LogP contribution >= 0.6 is 0 Å². The van der Waals surface area contributed by atoms with E-state index < -0.39 is 17.9 Å². The largest absolute Gasteiger partial charge is 0.386 e. The van der Waals surface area contributed by atoms with E-state index in [-0.39, 0.29) is 0 Å². The first kappa shape index (κ1) is 10.6. The Hall–Kier alpha value is -0.510. The van der Waals surface area contributed by atoms with Crippen molar-refractivity contribution in [1.82, 2.24) is 0 Å². The first-order valence-electron chi connectivity index (χ1n) is 4.42. The molecule has 1 saturated carbocycles. The molecule has 0 spiro atoms. The maximum Gasteiger partial charge on any atom is 0.289 e. The minimum atomic E-state index is -3.11. The third-order valence-electron chi connectivity index (χ3n) is 2.33. The van der Waals surface area contributed by atoms with Crippen LogP contribution in [-0.4, -0.2) is 17.1 Å². The Kier molecular flexibility index (Phi) is 3.36. The molecule has 0 saturated heterocycles. The Bertz CT molecular complexity index is 195. The Balaban J connectivity index is 2.63. The van der Waals surface area contributed by atoms with Crippen molar-refractivity contribution in [2.24, 2.45) is 0 Å². The molecule has 13 heavy (non-hydrogen) atoms. The molecule has 1 aliphatic carbocycles. The summed E-state index contributed by atoms with van der Waals surface area (Å²) in [4.78, 5) is 0. The fourth-order valence-corrected chi connectivity index (χ4v) is 1.63. The molecule has 0 radical (unpaired) electrons. The molecule has 0 aromatic carbocycles. The summed E-state index contributed by atoms with van der Waals surface area (Å²) in [6, 6.07) is 0. The second kappa shape index (κ2) is 4.13. The quantitative estimate of drug-likeness (QED) is 0.716. The maximum atomic E-state index is 12.5. The van der Waals surface area contributed by atoms with E-state index in [4.69, 9.17) is 0 Å². The Labute approximate surface area is 75.3 Å². The molecule has 0 amide bonds. The summed E-state index contributed by atoms with van der Waals surface area (Å²) >= 11 is 0. The molecular formula is C9H13F3O. The van der Waals surface area contributed by atoms with Crippen LogP contribution in [0.3, 0.4) is 0 Å². The maximum absolute atomic E-state index is 12.5. The van der Waals surface area contributed by atoms with Gasteiger partial charge in [0.25, 0.3) is 6.43 Å². The predicted molar refractivity (Wildman–Crippen MR) is 43.2 cm³/mol. The van der Waals surface area contributed by atoms with Gasteiger partial charge in [-0.3, -0.25) is 0 Å². The molecule has 1 aliphatic rings. The van der Waals surface area contributed by atoms with E-state index in [1.165, 1.54) is 0 Å². The molecule has 0 aromatic rings. The summed E-state index contributed by atoms with van der Waals surface area (Å²) in [6.07, 6.45) is 0.849.